The highest BCUT2D eigenvalue weighted by molar-refractivity contribution is 6.36. The number of carbonyl (C=O) groups is 1. The Labute approximate surface area is 128 Å². The van der Waals surface area contributed by atoms with Crippen LogP contribution in [-0.4, -0.2) is 37.5 Å². The molecule has 2 rings (SSSR count). The fraction of sp³-hybridized carbons (Fsp3) is 0.357. The smallest absolute Gasteiger partial charge is 0.242 e. The van der Waals surface area contributed by atoms with Crippen LogP contribution in [0.2, 0.25) is 10.0 Å². The lowest BCUT2D eigenvalue weighted by atomic mass is 10.2. The minimum Gasteiger partial charge on any atom is -0.392 e. The Morgan fingerprint density at radius 2 is 2.20 bits per heavy atom. The van der Waals surface area contributed by atoms with Gasteiger partial charge in [-0.25, -0.2) is 0 Å². The number of nitrogens with one attached hydrogen (secondary N) is 2. The first-order valence-corrected chi connectivity index (χ1v) is 7.19. The van der Waals surface area contributed by atoms with Crippen LogP contribution in [0.25, 0.3) is 0 Å². The maximum Gasteiger partial charge on any atom is 0.242 e. The monoisotopic (exact) mass is 313 g/mol. The zero-order valence-electron chi connectivity index (χ0n) is 11.2. The standard InChI is InChI=1S/C14H17Cl2N3O/c1-17-11-4-6-19(7-5-11)14(20)9-18-13-3-2-10(15)8-12(13)16/h2-4,8,17-18H,5-7,9H2,1H3. The number of hydrogen-bond acceptors (Lipinski definition) is 3. The molecule has 108 valence electrons. The molecule has 20 heavy (non-hydrogen) atoms. The summed E-state index contributed by atoms with van der Waals surface area (Å²) in [6.07, 6.45) is 2.90. The van der Waals surface area contributed by atoms with Crippen molar-refractivity contribution < 1.29 is 4.79 Å². The van der Waals surface area contributed by atoms with Gasteiger partial charge in [0.15, 0.2) is 0 Å². The van der Waals surface area contributed by atoms with E-state index in [0.29, 0.717) is 22.3 Å². The summed E-state index contributed by atoms with van der Waals surface area (Å²) in [6, 6.07) is 5.16. The lowest BCUT2D eigenvalue weighted by Gasteiger charge is -2.26. The van der Waals surface area contributed by atoms with E-state index in [0.717, 1.165) is 13.0 Å². The highest BCUT2D eigenvalue weighted by Crippen LogP contribution is 2.25. The largest absolute Gasteiger partial charge is 0.392 e. The molecule has 1 aromatic carbocycles. The summed E-state index contributed by atoms with van der Waals surface area (Å²) < 4.78 is 0. The molecular weight excluding hydrogens is 297 g/mol. The molecule has 4 nitrogen and oxygen atoms in total. The van der Waals surface area contributed by atoms with Crippen LogP contribution < -0.4 is 10.6 Å². The molecule has 1 aliphatic heterocycles. The first-order valence-electron chi connectivity index (χ1n) is 6.43. The fourth-order valence-electron chi connectivity index (χ4n) is 2.04. The number of carbonyl (C=O) groups excluding carboxylic acids is 1. The van der Waals surface area contributed by atoms with Crippen LogP contribution in [-0.2, 0) is 4.79 Å². The molecule has 0 spiro atoms. The topological polar surface area (TPSA) is 44.4 Å². The maximum absolute atomic E-state index is 12.1. The summed E-state index contributed by atoms with van der Waals surface area (Å²) in [7, 11) is 1.90. The number of benzene rings is 1. The third-order valence-electron chi connectivity index (χ3n) is 3.24. The van der Waals surface area contributed by atoms with Gasteiger partial charge in [-0.05, 0) is 24.3 Å². The summed E-state index contributed by atoms with van der Waals surface area (Å²) in [5, 5.41) is 7.25. The predicted octanol–water partition coefficient (Wildman–Crippen LogP) is 2.74. The third kappa shape index (κ3) is 3.81. The van der Waals surface area contributed by atoms with Crippen molar-refractivity contribution in [3.63, 3.8) is 0 Å². The molecule has 0 aromatic heterocycles. The quantitative estimate of drug-likeness (QED) is 0.898. The van der Waals surface area contributed by atoms with E-state index in [1.54, 1.807) is 18.2 Å². The number of anilines is 1. The van der Waals surface area contributed by atoms with Crippen LogP contribution in [0.5, 0.6) is 0 Å². The van der Waals surface area contributed by atoms with Crippen molar-refractivity contribution >= 4 is 34.8 Å². The zero-order chi connectivity index (χ0) is 14.5. The van der Waals surface area contributed by atoms with E-state index < -0.39 is 0 Å². The van der Waals surface area contributed by atoms with Gasteiger partial charge in [0, 0.05) is 37.3 Å². The number of halogens is 2. The molecule has 0 saturated heterocycles. The zero-order valence-corrected chi connectivity index (χ0v) is 12.8. The van der Waals surface area contributed by atoms with E-state index in [9.17, 15) is 4.79 Å². The van der Waals surface area contributed by atoms with E-state index in [2.05, 4.69) is 10.6 Å². The molecule has 0 radical (unpaired) electrons. The number of amides is 1. The molecule has 0 atom stereocenters. The predicted molar refractivity (Wildman–Crippen MR) is 83.3 cm³/mol. The second-order valence-electron chi connectivity index (χ2n) is 4.55. The van der Waals surface area contributed by atoms with Crippen molar-refractivity contribution in [2.24, 2.45) is 0 Å². The highest BCUT2D eigenvalue weighted by atomic mass is 35.5. The van der Waals surface area contributed by atoms with Crippen molar-refractivity contribution in [3.05, 3.63) is 40.0 Å². The van der Waals surface area contributed by atoms with Gasteiger partial charge in [-0.3, -0.25) is 4.79 Å². The molecule has 1 aliphatic rings. The first-order chi connectivity index (χ1) is 9.60. The van der Waals surface area contributed by atoms with Crippen molar-refractivity contribution in [1.82, 2.24) is 10.2 Å². The minimum absolute atomic E-state index is 0.0578. The second-order valence-corrected chi connectivity index (χ2v) is 5.39. The van der Waals surface area contributed by atoms with Crippen LogP contribution in [0.15, 0.2) is 30.0 Å². The molecule has 0 saturated carbocycles. The van der Waals surface area contributed by atoms with Crippen molar-refractivity contribution in [3.8, 4) is 0 Å². The summed E-state index contributed by atoms with van der Waals surface area (Å²) in [4.78, 5) is 13.9. The van der Waals surface area contributed by atoms with E-state index >= 15 is 0 Å². The van der Waals surface area contributed by atoms with E-state index in [1.165, 1.54) is 5.70 Å². The Hall–Kier alpha value is -1.39. The molecule has 1 heterocycles. The van der Waals surface area contributed by atoms with Crippen LogP contribution in [0.1, 0.15) is 6.42 Å². The van der Waals surface area contributed by atoms with Gasteiger partial charge in [-0.2, -0.15) is 0 Å². The average molecular weight is 314 g/mol. The Morgan fingerprint density at radius 3 is 2.80 bits per heavy atom. The van der Waals surface area contributed by atoms with Gasteiger partial charge in [0.25, 0.3) is 0 Å². The van der Waals surface area contributed by atoms with Gasteiger partial charge < -0.3 is 15.5 Å². The Morgan fingerprint density at radius 1 is 1.40 bits per heavy atom. The van der Waals surface area contributed by atoms with Gasteiger partial charge in [0.1, 0.15) is 0 Å². The lowest BCUT2D eigenvalue weighted by Crippen LogP contribution is -2.39. The first kappa shape index (κ1) is 15.0. The Kier molecular flexibility index (Phi) is 5.15. The molecule has 1 aromatic rings. The maximum atomic E-state index is 12.1. The van der Waals surface area contributed by atoms with Crippen LogP contribution in [0, 0.1) is 0 Å². The molecule has 1 amide bonds. The van der Waals surface area contributed by atoms with Gasteiger partial charge in [0.2, 0.25) is 5.91 Å². The fourth-order valence-corrected chi connectivity index (χ4v) is 2.51. The number of hydrogen-bond donors (Lipinski definition) is 2. The SMILES string of the molecule is CNC1=CCN(C(=O)CNc2ccc(Cl)cc2Cl)CC1. The van der Waals surface area contributed by atoms with E-state index in [1.807, 2.05) is 18.0 Å². The van der Waals surface area contributed by atoms with E-state index in [4.69, 9.17) is 23.2 Å². The normalized spacial score (nSPS) is 14.8. The van der Waals surface area contributed by atoms with Crippen molar-refractivity contribution in [2.75, 3.05) is 32.0 Å². The summed E-state index contributed by atoms with van der Waals surface area (Å²) in [6.45, 7) is 1.61. The third-order valence-corrected chi connectivity index (χ3v) is 3.79. The van der Waals surface area contributed by atoms with Gasteiger partial charge in [0.05, 0.1) is 17.3 Å². The molecule has 6 heteroatoms. The average Bonchev–Trinajstić information content (AvgIpc) is 2.46. The van der Waals surface area contributed by atoms with Gasteiger partial charge in [-0.1, -0.05) is 23.2 Å². The van der Waals surface area contributed by atoms with Gasteiger partial charge >= 0.3 is 0 Å². The van der Waals surface area contributed by atoms with Crippen molar-refractivity contribution in [2.45, 2.75) is 6.42 Å². The molecule has 0 aliphatic carbocycles. The Balaban J connectivity index is 1.88. The number of nitrogens with zero attached hydrogens (tertiary/aromatic N) is 1. The van der Waals surface area contributed by atoms with Crippen LogP contribution in [0.4, 0.5) is 5.69 Å². The molecule has 0 fully saturated rings. The lowest BCUT2D eigenvalue weighted by molar-refractivity contribution is -0.129. The summed E-state index contributed by atoms with van der Waals surface area (Å²) >= 11 is 11.9. The van der Waals surface area contributed by atoms with Gasteiger partial charge in [-0.15, -0.1) is 0 Å². The molecule has 0 bridgehead atoms. The highest BCUT2D eigenvalue weighted by Gasteiger charge is 2.16. The second kappa shape index (κ2) is 6.86. The minimum atomic E-state index is 0.0578. The molecule has 2 N–H and O–H groups in total. The number of rotatable bonds is 4. The summed E-state index contributed by atoms with van der Waals surface area (Å²) in [5.74, 6) is 0.0578. The molecular formula is C14H17Cl2N3O. The van der Waals surface area contributed by atoms with E-state index in [-0.39, 0.29) is 12.5 Å². The summed E-state index contributed by atoms with van der Waals surface area (Å²) in [5.41, 5.74) is 1.90. The van der Waals surface area contributed by atoms with Crippen LogP contribution in [0.3, 0.4) is 0 Å². The van der Waals surface area contributed by atoms with Crippen LogP contribution >= 0.6 is 23.2 Å². The molecule has 0 unspecified atom stereocenters. The Bertz CT molecular complexity index is 531. The van der Waals surface area contributed by atoms with Crippen molar-refractivity contribution in [1.29, 1.82) is 0 Å².